The van der Waals surface area contributed by atoms with Crippen LogP contribution in [0, 0.1) is 0 Å². The van der Waals surface area contributed by atoms with Crippen LogP contribution in [0.2, 0.25) is 0 Å². The van der Waals surface area contributed by atoms with E-state index in [0.29, 0.717) is 6.42 Å². The minimum atomic E-state index is -4.73. The summed E-state index contributed by atoms with van der Waals surface area (Å²) in [6.45, 7) is 0.893. The molecular weight excluding hydrogens is 433 g/mol. The largest absolute Gasteiger partial charge is 0.506 e. The lowest BCUT2D eigenvalue weighted by atomic mass is 10.1. The van der Waals surface area contributed by atoms with Gasteiger partial charge in [0.25, 0.3) is 11.5 Å². The van der Waals surface area contributed by atoms with E-state index in [4.69, 9.17) is 5.11 Å². The highest BCUT2D eigenvalue weighted by molar-refractivity contribution is 6.06. The third-order valence-corrected chi connectivity index (χ3v) is 4.40. The number of nitrogens with zero attached hydrogens (tertiary/aromatic N) is 3. The number of carbonyl (C=O) groups is 2. The molecule has 1 heterocycles. The van der Waals surface area contributed by atoms with E-state index in [1.165, 1.54) is 38.4 Å². The van der Waals surface area contributed by atoms with Crippen molar-refractivity contribution in [1.82, 2.24) is 9.88 Å². The van der Waals surface area contributed by atoms with Crippen molar-refractivity contribution in [3.63, 3.8) is 0 Å². The van der Waals surface area contributed by atoms with Gasteiger partial charge in [0.05, 0.1) is 11.2 Å². The Bertz CT molecular complexity index is 1170. The zero-order valence-corrected chi connectivity index (χ0v) is 17.4. The minimum absolute atomic E-state index is 0.00946. The van der Waals surface area contributed by atoms with Crippen molar-refractivity contribution in [2.45, 2.75) is 19.5 Å². The quantitative estimate of drug-likeness (QED) is 0.436. The predicted octanol–water partition coefficient (Wildman–Crippen LogP) is 2.38. The minimum Gasteiger partial charge on any atom is -0.506 e. The van der Waals surface area contributed by atoms with Crippen LogP contribution in [0.25, 0.3) is 10.9 Å². The smallest absolute Gasteiger partial charge is 0.435 e. The van der Waals surface area contributed by atoms with Gasteiger partial charge in [-0.25, -0.2) is 0 Å². The monoisotopic (exact) mass is 454 g/mol. The van der Waals surface area contributed by atoms with Crippen LogP contribution in [-0.2, 0) is 11.8 Å². The van der Waals surface area contributed by atoms with Crippen LogP contribution in [0.15, 0.2) is 40.2 Å². The Labute approximate surface area is 180 Å². The van der Waals surface area contributed by atoms with Crippen LogP contribution in [0.1, 0.15) is 23.7 Å². The van der Waals surface area contributed by atoms with Crippen molar-refractivity contribution in [1.29, 1.82) is 0 Å². The molecule has 0 aliphatic carbocycles. The molecule has 12 heteroatoms. The number of alkyl halides is 3. The Morgan fingerprint density at radius 3 is 2.53 bits per heavy atom. The van der Waals surface area contributed by atoms with Gasteiger partial charge < -0.3 is 20.1 Å². The fraction of sp³-hybridized carbons (Fsp3) is 0.300. The maximum atomic E-state index is 13.3. The number of halogens is 3. The summed E-state index contributed by atoms with van der Waals surface area (Å²) in [6.07, 6.45) is -2.23. The Hall–Kier alpha value is -3.83. The third-order valence-electron chi connectivity index (χ3n) is 4.40. The molecule has 1 aromatic carbocycles. The Kier molecular flexibility index (Phi) is 7.28. The maximum absolute atomic E-state index is 13.3. The molecule has 172 valence electrons. The number of hydrogen-bond donors (Lipinski definition) is 3. The number of nitrogens with one attached hydrogen (secondary N) is 1. The number of benzene rings is 1. The van der Waals surface area contributed by atoms with Gasteiger partial charge in [-0.05, 0) is 24.6 Å². The number of aromatic hydroxyl groups is 1. The summed E-state index contributed by atoms with van der Waals surface area (Å²) in [4.78, 5) is 35.7. The van der Waals surface area contributed by atoms with Gasteiger partial charge in [-0.15, -0.1) is 0 Å². The van der Waals surface area contributed by atoms with Gasteiger partial charge in [0.2, 0.25) is 0 Å². The zero-order valence-electron chi connectivity index (χ0n) is 17.4. The second-order valence-corrected chi connectivity index (χ2v) is 6.65. The molecule has 1 amide bonds. The van der Waals surface area contributed by atoms with Gasteiger partial charge in [-0.3, -0.25) is 19.4 Å². The van der Waals surface area contributed by atoms with Crippen molar-refractivity contribution in [3.8, 4) is 5.75 Å². The molecule has 0 saturated heterocycles. The zero-order chi connectivity index (χ0) is 24.2. The van der Waals surface area contributed by atoms with Gasteiger partial charge in [0.15, 0.2) is 5.71 Å². The molecule has 0 aliphatic heterocycles. The second-order valence-electron chi connectivity index (χ2n) is 6.65. The first kappa shape index (κ1) is 24.4. The number of hydrogen-bond acceptors (Lipinski definition) is 6. The molecule has 32 heavy (non-hydrogen) atoms. The van der Waals surface area contributed by atoms with Crippen molar-refractivity contribution < 1.29 is 33.0 Å². The Morgan fingerprint density at radius 1 is 1.31 bits per heavy atom. The molecular formula is C20H21F3N4O5. The summed E-state index contributed by atoms with van der Waals surface area (Å²) >= 11 is 0. The number of amides is 1. The summed E-state index contributed by atoms with van der Waals surface area (Å²) in [5.41, 5.74) is -2.74. The van der Waals surface area contributed by atoms with Crippen molar-refractivity contribution in [3.05, 3.63) is 46.3 Å². The number of rotatable bonds is 7. The van der Waals surface area contributed by atoms with Gasteiger partial charge in [0.1, 0.15) is 17.9 Å². The van der Waals surface area contributed by atoms with E-state index < -0.39 is 47.2 Å². The molecule has 0 spiro atoms. The summed E-state index contributed by atoms with van der Waals surface area (Å²) in [5, 5.41) is 25.8. The van der Waals surface area contributed by atoms with E-state index in [0.717, 1.165) is 15.7 Å². The number of pyridine rings is 1. The third kappa shape index (κ3) is 5.07. The lowest BCUT2D eigenvalue weighted by Crippen LogP contribution is -2.35. The maximum Gasteiger partial charge on any atom is 0.435 e. The highest BCUT2D eigenvalue weighted by Crippen LogP contribution is 2.33. The second kappa shape index (κ2) is 9.54. The van der Waals surface area contributed by atoms with Gasteiger partial charge >= 0.3 is 12.1 Å². The standard InChI is InChI=1S/C20H21F3N4O5/c1-4-5-9-13(20(21,22)23)25-27(3)12-8-6-7-11-16(12)26(2)19(32)15(17(11)30)18(31)24-10-14(28)29/h5-9,30H,4,10H2,1-3H3,(H,24,31)(H,28,29)/b9-5-,25-13+. The van der Waals surface area contributed by atoms with Crippen LogP contribution in [-0.4, -0.2) is 52.1 Å². The molecule has 2 aromatic rings. The topological polar surface area (TPSA) is 124 Å². The molecule has 2 rings (SSSR count). The molecule has 9 nitrogen and oxygen atoms in total. The van der Waals surface area contributed by atoms with Crippen LogP contribution < -0.4 is 15.9 Å². The van der Waals surface area contributed by atoms with E-state index in [-0.39, 0.29) is 16.6 Å². The van der Waals surface area contributed by atoms with E-state index in [9.17, 15) is 32.7 Å². The van der Waals surface area contributed by atoms with Crippen LogP contribution in [0.4, 0.5) is 18.9 Å². The predicted molar refractivity (Wildman–Crippen MR) is 112 cm³/mol. The van der Waals surface area contributed by atoms with E-state index in [1.807, 2.05) is 5.32 Å². The summed E-state index contributed by atoms with van der Waals surface area (Å²) in [5.74, 6) is -3.19. The first-order chi connectivity index (χ1) is 14.9. The first-order valence-electron chi connectivity index (χ1n) is 9.30. The number of anilines is 1. The SMILES string of the molecule is CC/C=C\C(=N/N(C)c1cccc2c(O)c(C(=O)NCC(=O)O)c(=O)n(C)c12)C(F)(F)F. The fourth-order valence-electron chi connectivity index (χ4n) is 2.92. The van der Waals surface area contributed by atoms with Crippen molar-refractivity contribution in [2.24, 2.45) is 12.1 Å². The Morgan fingerprint density at radius 2 is 1.97 bits per heavy atom. The fourth-order valence-corrected chi connectivity index (χ4v) is 2.92. The van der Waals surface area contributed by atoms with Crippen molar-refractivity contribution in [2.75, 3.05) is 18.6 Å². The normalized spacial score (nSPS) is 12.4. The number of carboxylic acids is 1. The summed E-state index contributed by atoms with van der Waals surface area (Å²) in [6, 6.07) is 4.16. The van der Waals surface area contributed by atoms with E-state index in [2.05, 4.69) is 5.10 Å². The summed E-state index contributed by atoms with van der Waals surface area (Å²) < 4.78 is 40.9. The molecule has 3 N–H and O–H groups in total. The number of fused-ring (bicyclic) bond motifs is 1. The molecule has 1 aromatic heterocycles. The summed E-state index contributed by atoms with van der Waals surface area (Å²) in [7, 11) is 2.51. The number of para-hydroxylation sites is 1. The number of hydrazone groups is 1. The van der Waals surface area contributed by atoms with Crippen molar-refractivity contribution >= 4 is 34.2 Å². The Balaban J connectivity index is 2.70. The number of aliphatic carboxylic acids is 1. The lowest BCUT2D eigenvalue weighted by molar-refractivity contribution is -0.135. The average molecular weight is 454 g/mol. The number of carboxylic acid groups (broad SMARTS) is 1. The number of aryl methyl sites for hydroxylation is 1. The van der Waals surface area contributed by atoms with E-state index in [1.54, 1.807) is 6.92 Å². The lowest BCUT2D eigenvalue weighted by Gasteiger charge is -2.20. The molecule has 0 atom stereocenters. The molecule has 0 unspecified atom stereocenters. The molecule has 0 bridgehead atoms. The first-order valence-corrected chi connectivity index (χ1v) is 9.30. The number of allylic oxidation sites excluding steroid dienone is 2. The number of aromatic nitrogens is 1. The number of carbonyl (C=O) groups excluding carboxylic acids is 1. The van der Waals surface area contributed by atoms with Crippen LogP contribution in [0.5, 0.6) is 5.75 Å². The van der Waals surface area contributed by atoms with Gasteiger partial charge in [-0.1, -0.05) is 19.1 Å². The molecule has 0 aliphatic rings. The van der Waals surface area contributed by atoms with Gasteiger partial charge in [-0.2, -0.15) is 18.3 Å². The highest BCUT2D eigenvalue weighted by Gasteiger charge is 2.34. The van der Waals surface area contributed by atoms with Crippen LogP contribution >= 0.6 is 0 Å². The van der Waals surface area contributed by atoms with E-state index >= 15 is 0 Å². The highest BCUT2D eigenvalue weighted by atomic mass is 19.4. The molecule has 0 saturated carbocycles. The molecule has 0 fully saturated rings. The van der Waals surface area contributed by atoms with Crippen LogP contribution in [0.3, 0.4) is 0 Å². The average Bonchev–Trinajstić information content (AvgIpc) is 2.72. The van der Waals surface area contributed by atoms with Gasteiger partial charge in [0, 0.05) is 19.5 Å². The molecule has 0 radical (unpaired) electrons.